The highest BCUT2D eigenvalue weighted by atomic mass is 16.2. The minimum atomic E-state index is -0.592. The molecule has 2 aromatic heterocycles. The number of benzene rings is 1. The lowest BCUT2D eigenvalue weighted by Gasteiger charge is -2.34. The van der Waals surface area contributed by atoms with Crippen LogP contribution >= 0.6 is 0 Å². The normalized spacial score (nSPS) is 15.5. The fraction of sp³-hybridized carbons (Fsp3) is 0.435. The van der Waals surface area contributed by atoms with Gasteiger partial charge in [-0.25, -0.2) is 4.98 Å². The zero-order chi connectivity index (χ0) is 22.7. The molecular formula is C23H29N7O2. The van der Waals surface area contributed by atoms with Gasteiger partial charge in [0.15, 0.2) is 0 Å². The van der Waals surface area contributed by atoms with Gasteiger partial charge < -0.3 is 15.5 Å². The highest BCUT2D eigenvalue weighted by Gasteiger charge is 2.26. The van der Waals surface area contributed by atoms with Crippen molar-refractivity contribution in [3.05, 3.63) is 53.5 Å². The first kappa shape index (κ1) is 21.7. The zero-order valence-corrected chi connectivity index (χ0v) is 18.7. The number of nitrogens with zero attached hydrogens (tertiary/aromatic N) is 5. The molecule has 2 N–H and O–H groups in total. The first-order valence-corrected chi connectivity index (χ1v) is 10.9. The molecule has 0 aliphatic carbocycles. The molecule has 4 rings (SSSR count). The molecule has 1 aromatic carbocycles. The molecule has 0 bridgehead atoms. The lowest BCUT2D eigenvalue weighted by molar-refractivity contribution is -0.128. The predicted molar refractivity (Wildman–Crippen MR) is 121 cm³/mol. The summed E-state index contributed by atoms with van der Waals surface area (Å²) in [5, 5.41) is 10.2. The van der Waals surface area contributed by atoms with E-state index >= 15 is 0 Å². The summed E-state index contributed by atoms with van der Waals surface area (Å²) >= 11 is 0. The summed E-state index contributed by atoms with van der Waals surface area (Å²) in [6.07, 6.45) is 3.58. The monoisotopic (exact) mass is 435 g/mol. The minimum Gasteiger partial charge on any atom is -0.356 e. The Balaban J connectivity index is 1.38. The molecule has 9 nitrogen and oxygen atoms in total. The van der Waals surface area contributed by atoms with Gasteiger partial charge in [-0.1, -0.05) is 29.8 Å². The number of anilines is 1. The van der Waals surface area contributed by atoms with Crippen LogP contribution in [0.1, 0.15) is 36.6 Å². The molecule has 1 aliphatic heterocycles. The van der Waals surface area contributed by atoms with Gasteiger partial charge >= 0.3 is 0 Å². The van der Waals surface area contributed by atoms with Crippen LogP contribution < -0.4 is 15.5 Å². The summed E-state index contributed by atoms with van der Waals surface area (Å²) in [4.78, 5) is 35.5. The lowest BCUT2D eigenvalue weighted by Crippen LogP contribution is -2.52. The van der Waals surface area contributed by atoms with Gasteiger partial charge in [0.25, 0.3) is 5.78 Å². The average molecular weight is 436 g/mol. The standard InChI is InChI=1S/C23H29N7O2/c1-15-4-6-18(7-5-15)13-20(27-17(3)31)22(32)28-19-8-10-29(11-9-19)21-12-16(2)26-23-24-14-25-30(21)23/h4-7,12,14,19-20H,8-11,13H2,1-3H3,(H,27,31)(H,28,32). The van der Waals surface area contributed by atoms with Crippen molar-refractivity contribution in [1.82, 2.24) is 30.2 Å². The van der Waals surface area contributed by atoms with Crippen LogP contribution in [0.2, 0.25) is 0 Å². The molecule has 3 aromatic rings. The van der Waals surface area contributed by atoms with Crippen LogP contribution in [0.5, 0.6) is 0 Å². The second-order valence-electron chi connectivity index (χ2n) is 8.44. The van der Waals surface area contributed by atoms with Gasteiger partial charge in [0.05, 0.1) is 0 Å². The van der Waals surface area contributed by atoms with Crippen molar-refractivity contribution < 1.29 is 9.59 Å². The van der Waals surface area contributed by atoms with E-state index < -0.39 is 6.04 Å². The molecular weight excluding hydrogens is 406 g/mol. The molecule has 9 heteroatoms. The molecule has 1 atom stereocenters. The number of hydrogen-bond donors (Lipinski definition) is 2. The number of hydrogen-bond acceptors (Lipinski definition) is 6. The maximum Gasteiger partial charge on any atom is 0.254 e. The summed E-state index contributed by atoms with van der Waals surface area (Å²) < 4.78 is 1.75. The Bertz CT molecular complexity index is 1100. The van der Waals surface area contributed by atoms with Crippen molar-refractivity contribution >= 4 is 23.4 Å². The second-order valence-corrected chi connectivity index (χ2v) is 8.44. The Morgan fingerprint density at radius 1 is 1.16 bits per heavy atom. The van der Waals surface area contributed by atoms with E-state index in [2.05, 4.69) is 30.6 Å². The van der Waals surface area contributed by atoms with Gasteiger partial charge in [0, 0.05) is 44.2 Å². The van der Waals surface area contributed by atoms with E-state index in [4.69, 9.17) is 0 Å². The molecule has 32 heavy (non-hydrogen) atoms. The summed E-state index contributed by atoms with van der Waals surface area (Å²) in [6, 6.07) is 9.50. The van der Waals surface area contributed by atoms with Crippen molar-refractivity contribution in [2.75, 3.05) is 18.0 Å². The number of carbonyl (C=O) groups is 2. The van der Waals surface area contributed by atoms with E-state index in [9.17, 15) is 9.59 Å². The molecule has 0 spiro atoms. The van der Waals surface area contributed by atoms with Crippen LogP contribution in [-0.2, 0) is 16.0 Å². The molecule has 1 saturated heterocycles. The van der Waals surface area contributed by atoms with E-state index in [1.165, 1.54) is 13.3 Å². The summed E-state index contributed by atoms with van der Waals surface area (Å²) in [7, 11) is 0. The molecule has 1 aliphatic rings. The zero-order valence-electron chi connectivity index (χ0n) is 18.7. The number of piperidine rings is 1. The first-order chi connectivity index (χ1) is 15.4. The number of aryl methyl sites for hydroxylation is 2. The highest BCUT2D eigenvalue weighted by Crippen LogP contribution is 2.21. The van der Waals surface area contributed by atoms with E-state index in [0.717, 1.165) is 48.6 Å². The topological polar surface area (TPSA) is 105 Å². The van der Waals surface area contributed by atoms with E-state index in [-0.39, 0.29) is 17.9 Å². The maximum absolute atomic E-state index is 13.0. The smallest absolute Gasteiger partial charge is 0.254 e. The van der Waals surface area contributed by atoms with Crippen molar-refractivity contribution in [3.63, 3.8) is 0 Å². The lowest BCUT2D eigenvalue weighted by atomic mass is 10.0. The maximum atomic E-state index is 13.0. The van der Waals surface area contributed by atoms with E-state index in [1.54, 1.807) is 4.52 Å². The third-order valence-corrected chi connectivity index (χ3v) is 5.78. The molecule has 0 radical (unpaired) electrons. The van der Waals surface area contributed by atoms with Gasteiger partial charge in [-0.15, -0.1) is 0 Å². The molecule has 168 valence electrons. The number of nitrogens with one attached hydrogen (secondary N) is 2. The second kappa shape index (κ2) is 9.33. The molecule has 3 heterocycles. The first-order valence-electron chi connectivity index (χ1n) is 10.9. The SMILES string of the molecule is CC(=O)NC(Cc1ccc(C)cc1)C(=O)NC1CCN(c2cc(C)nc3ncnn23)CC1. The Hall–Kier alpha value is -3.49. The van der Waals surface area contributed by atoms with Gasteiger partial charge in [-0.3, -0.25) is 9.59 Å². The molecule has 1 unspecified atom stereocenters. The minimum absolute atomic E-state index is 0.0576. The molecule has 2 amide bonds. The van der Waals surface area contributed by atoms with Crippen LogP contribution in [0.15, 0.2) is 36.7 Å². The average Bonchev–Trinajstić information content (AvgIpc) is 3.23. The van der Waals surface area contributed by atoms with Gasteiger partial charge in [-0.05, 0) is 32.3 Å². The van der Waals surface area contributed by atoms with Crippen LogP contribution in [0.4, 0.5) is 5.82 Å². The van der Waals surface area contributed by atoms with E-state index in [0.29, 0.717) is 12.2 Å². The summed E-state index contributed by atoms with van der Waals surface area (Å²) in [5.74, 6) is 1.20. The van der Waals surface area contributed by atoms with Crippen LogP contribution in [0, 0.1) is 13.8 Å². The molecule has 1 fully saturated rings. The number of aromatic nitrogens is 4. The third kappa shape index (κ3) is 5.04. The number of carbonyl (C=O) groups excluding carboxylic acids is 2. The fourth-order valence-electron chi connectivity index (χ4n) is 4.11. The van der Waals surface area contributed by atoms with Gasteiger partial charge in [-0.2, -0.15) is 14.6 Å². The van der Waals surface area contributed by atoms with Crippen LogP contribution in [-0.4, -0.2) is 56.6 Å². The quantitative estimate of drug-likeness (QED) is 0.609. The van der Waals surface area contributed by atoms with Gasteiger partial charge in [0.2, 0.25) is 11.8 Å². The Morgan fingerprint density at radius 2 is 1.88 bits per heavy atom. The van der Waals surface area contributed by atoms with Crippen molar-refractivity contribution in [2.45, 2.75) is 52.1 Å². The Kier molecular flexibility index (Phi) is 6.34. The number of rotatable bonds is 6. The Morgan fingerprint density at radius 3 is 2.56 bits per heavy atom. The number of fused-ring (bicyclic) bond motifs is 1. The predicted octanol–water partition coefficient (Wildman–Crippen LogP) is 1.57. The summed E-state index contributed by atoms with van der Waals surface area (Å²) in [6.45, 7) is 6.98. The highest BCUT2D eigenvalue weighted by molar-refractivity contribution is 5.87. The Labute approximate surface area is 187 Å². The third-order valence-electron chi connectivity index (χ3n) is 5.78. The van der Waals surface area contributed by atoms with Crippen molar-refractivity contribution in [1.29, 1.82) is 0 Å². The van der Waals surface area contributed by atoms with Crippen molar-refractivity contribution in [3.8, 4) is 0 Å². The van der Waals surface area contributed by atoms with Gasteiger partial charge in [0.1, 0.15) is 18.2 Å². The number of amides is 2. The largest absolute Gasteiger partial charge is 0.356 e. The van der Waals surface area contributed by atoms with E-state index in [1.807, 2.05) is 44.2 Å². The summed E-state index contributed by atoms with van der Waals surface area (Å²) in [5.41, 5.74) is 3.07. The van der Waals surface area contributed by atoms with Crippen LogP contribution in [0.3, 0.4) is 0 Å². The molecule has 0 saturated carbocycles. The fourth-order valence-corrected chi connectivity index (χ4v) is 4.11. The van der Waals surface area contributed by atoms with Crippen LogP contribution in [0.25, 0.3) is 5.78 Å². The van der Waals surface area contributed by atoms with Crippen molar-refractivity contribution in [2.24, 2.45) is 0 Å².